The number of hydrogen-bond donors (Lipinski definition) is 1. The van der Waals surface area contributed by atoms with Crippen LogP contribution >= 0.6 is 0 Å². The third-order valence-electron chi connectivity index (χ3n) is 5.05. The maximum absolute atomic E-state index is 9.72. The van der Waals surface area contributed by atoms with Gasteiger partial charge < -0.3 is 19.3 Å². The van der Waals surface area contributed by atoms with Crippen molar-refractivity contribution < 1.29 is 19.3 Å². The summed E-state index contributed by atoms with van der Waals surface area (Å²) in [5.74, 6) is 1.63. The van der Waals surface area contributed by atoms with Gasteiger partial charge in [0.15, 0.2) is 0 Å². The van der Waals surface area contributed by atoms with Crippen molar-refractivity contribution in [3.8, 4) is 28.6 Å². The molecule has 1 heterocycles. The van der Waals surface area contributed by atoms with Crippen molar-refractivity contribution in [1.29, 1.82) is 0 Å². The van der Waals surface area contributed by atoms with Crippen LogP contribution in [0.5, 0.6) is 17.5 Å². The molecule has 0 bridgehead atoms. The van der Waals surface area contributed by atoms with Crippen molar-refractivity contribution in [2.75, 3.05) is 6.61 Å². The Morgan fingerprint density at radius 2 is 1.36 bits per heavy atom. The summed E-state index contributed by atoms with van der Waals surface area (Å²) in [4.78, 5) is 4.66. The largest absolute Gasteiger partial charge is 0.494 e. The number of ether oxygens (including phenoxy) is 3. The Morgan fingerprint density at radius 1 is 0.697 bits per heavy atom. The lowest BCUT2D eigenvalue weighted by atomic mass is 10.0. The van der Waals surface area contributed by atoms with E-state index in [0.717, 1.165) is 27.8 Å². The number of benzene rings is 3. The van der Waals surface area contributed by atoms with Crippen LogP contribution in [0.25, 0.3) is 11.1 Å². The molecule has 1 N–H and O–H groups in total. The van der Waals surface area contributed by atoms with Crippen molar-refractivity contribution in [3.63, 3.8) is 0 Å². The van der Waals surface area contributed by atoms with Crippen LogP contribution in [-0.4, -0.2) is 16.7 Å². The predicted molar refractivity (Wildman–Crippen MR) is 128 cm³/mol. The second-order valence-corrected chi connectivity index (χ2v) is 7.51. The first kappa shape index (κ1) is 22.4. The highest BCUT2D eigenvalue weighted by Gasteiger charge is 2.13. The summed E-state index contributed by atoms with van der Waals surface area (Å²) in [5.41, 5.74) is 4.52. The average Bonchev–Trinajstić information content (AvgIpc) is 2.87. The molecule has 0 atom stereocenters. The van der Waals surface area contributed by atoms with Gasteiger partial charge >= 0.3 is 0 Å². The number of hydrogen-bond acceptors (Lipinski definition) is 5. The Balaban J connectivity index is 1.65. The first-order valence-corrected chi connectivity index (χ1v) is 11.0. The molecule has 0 aliphatic heterocycles. The minimum absolute atomic E-state index is 0.0835. The van der Waals surface area contributed by atoms with Crippen LogP contribution in [0.3, 0.4) is 0 Å². The zero-order chi connectivity index (χ0) is 22.9. The molecule has 0 radical (unpaired) electrons. The summed E-state index contributed by atoms with van der Waals surface area (Å²) in [5, 5.41) is 9.72. The van der Waals surface area contributed by atoms with Crippen molar-refractivity contribution in [2.45, 2.75) is 26.7 Å². The van der Waals surface area contributed by atoms with Crippen LogP contribution in [0.15, 0.2) is 91.0 Å². The van der Waals surface area contributed by atoms with E-state index in [2.05, 4.69) is 4.98 Å². The van der Waals surface area contributed by atoms with Gasteiger partial charge in [-0.3, -0.25) is 0 Å². The topological polar surface area (TPSA) is 60.8 Å². The summed E-state index contributed by atoms with van der Waals surface area (Å²) < 4.78 is 17.8. The fourth-order valence-electron chi connectivity index (χ4n) is 3.45. The van der Waals surface area contributed by atoms with Gasteiger partial charge in [-0.15, -0.1) is 0 Å². The molecule has 5 nitrogen and oxygen atoms in total. The Kier molecular flexibility index (Phi) is 7.56. The minimum Gasteiger partial charge on any atom is -0.494 e. The summed E-state index contributed by atoms with van der Waals surface area (Å²) in [7, 11) is 0. The molecule has 0 saturated carbocycles. The van der Waals surface area contributed by atoms with Gasteiger partial charge in [0.05, 0.1) is 13.2 Å². The molecule has 0 spiro atoms. The molecular weight excluding hydrogens is 414 g/mol. The van der Waals surface area contributed by atoms with E-state index in [0.29, 0.717) is 37.3 Å². The van der Waals surface area contributed by atoms with E-state index in [1.165, 1.54) is 0 Å². The highest BCUT2D eigenvalue weighted by Crippen LogP contribution is 2.34. The Morgan fingerprint density at radius 3 is 2.00 bits per heavy atom. The summed E-state index contributed by atoms with van der Waals surface area (Å²) >= 11 is 0. The molecule has 0 aliphatic rings. The van der Waals surface area contributed by atoms with Gasteiger partial charge in [-0.2, -0.15) is 4.98 Å². The summed E-state index contributed by atoms with van der Waals surface area (Å²) in [6.45, 7) is 3.18. The number of aromatic nitrogens is 1. The molecule has 3 aromatic carbocycles. The highest BCUT2D eigenvalue weighted by molar-refractivity contribution is 5.71. The van der Waals surface area contributed by atoms with E-state index in [9.17, 15) is 5.11 Å². The lowest BCUT2D eigenvalue weighted by Gasteiger charge is -2.15. The number of aliphatic hydroxyl groups excluding tert-OH is 1. The van der Waals surface area contributed by atoms with E-state index in [1.807, 2.05) is 97.9 Å². The highest BCUT2D eigenvalue weighted by atomic mass is 16.5. The standard InChI is InChI=1S/C28H27NO4/c1-2-31-25-16-23(18-30)15-24(17-25)26-13-14-27(32-19-21-9-5-3-6-10-21)29-28(26)33-20-22-11-7-4-8-12-22/h3-17,30H,2,18-20H2,1H3. The van der Waals surface area contributed by atoms with E-state index < -0.39 is 0 Å². The maximum Gasteiger partial charge on any atom is 0.225 e. The van der Waals surface area contributed by atoms with Crippen molar-refractivity contribution in [1.82, 2.24) is 4.98 Å². The smallest absolute Gasteiger partial charge is 0.225 e. The zero-order valence-electron chi connectivity index (χ0n) is 18.6. The Hall–Kier alpha value is -3.83. The lowest BCUT2D eigenvalue weighted by molar-refractivity contribution is 0.268. The van der Waals surface area contributed by atoms with Gasteiger partial charge in [-0.05, 0) is 53.4 Å². The molecule has 168 valence electrons. The van der Waals surface area contributed by atoms with Gasteiger partial charge in [-0.1, -0.05) is 60.7 Å². The normalized spacial score (nSPS) is 10.6. The quantitative estimate of drug-likeness (QED) is 0.337. The second kappa shape index (κ2) is 11.2. The number of pyridine rings is 1. The van der Waals surface area contributed by atoms with Crippen molar-refractivity contribution in [2.24, 2.45) is 0 Å². The van der Waals surface area contributed by atoms with Crippen LogP contribution in [0, 0.1) is 0 Å². The number of aliphatic hydroxyl groups is 1. The van der Waals surface area contributed by atoms with Gasteiger partial charge in [-0.25, -0.2) is 0 Å². The molecule has 1 aromatic heterocycles. The van der Waals surface area contributed by atoms with Crippen LogP contribution in [0.2, 0.25) is 0 Å². The summed E-state index contributed by atoms with van der Waals surface area (Å²) in [6, 6.07) is 29.3. The van der Waals surface area contributed by atoms with Crippen LogP contribution in [-0.2, 0) is 19.8 Å². The minimum atomic E-state index is -0.0835. The lowest BCUT2D eigenvalue weighted by Crippen LogP contribution is -2.03. The van der Waals surface area contributed by atoms with Gasteiger partial charge in [0.25, 0.3) is 0 Å². The fraction of sp³-hybridized carbons (Fsp3) is 0.179. The van der Waals surface area contributed by atoms with Gasteiger partial charge in [0, 0.05) is 11.6 Å². The zero-order valence-corrected chi connectivity index (χ0v) is 18.6. The van der Waals surface area contributed by atoms with Gasteiger partial charge in [0.2, 0.25) is 11.8 Å². The first-order valence-electron chi connectivity index (χ1n) is 11.0. The molecule has 5 heteroatoms. The van der Waals surface area contributed by atoms with Crippen molar-refractivity contribution in [3.05, 3.63) is 108 Å². The van der Waals surface area contributed by atoms with Crippen LogP contribution in [0.4, 0.5) is 0 Å². The third kappa shape index (κ3) is 6.11. The molecule has 0 fully saturated rings. The molecule has 0 unspecified atom stereocenters. The molecule has 0 saturated heterocycles. The molecule has 0 aliphatic carbocycles. The maximum atomic E-state index is 9.72. The third-order valence-corrected chi connectivity index (χ3v) is 5.05. The first-order chi connectivity index (χ1) is 16.2. The molecule has 33 heavy (non-hydrogen) atoms. The van der Waals surface area contributed by atoms with E-state index in [4.69, 9.17) is 14.2 Å². The molecule has 4 rings (SSSR count). The van der Waals surface area contributed by atoms with Crippen molar-refractivity contribution >= 4 is 0 Å². The van der Waals surface area contributed by atoms with Gasteiger partial charge in [0.1, 0.15) is 19.0 Å². The SMILES string of the molecule is CCOc1cc(CO)cc(-c2ccc(OCc3ccccc3)nc2OCc2ccccc2)c1. The van der Waals surface area contributed by atoms with E-state index in [-0.39, 0.29) is 6.61 Å². The second-order valence-electron chi connectivity index (χ2n) is 7.51. The monoisotopic (exact) mass is 441 g/mol. The number of rotatable bonds is 10. The molecule has 0 amide bonds. The molecule has 4 aromatic rings. The van der Waals surface area contributed by atoms with E-state index >= 15 is 0 Å². The Labute approximate surface area is 194 Å². The van der Waals surface area contributed by atoms with Crippen LogP contribution in [0.1, 0.15) is 23.6 Å². The van der Waals surface area contributed by atoms with Crippen LogP contribution < -0.4 is 14.2 Å². The predicted octanol–water partition coefficient (Wildman–Crippen LogP) is 5.80. The van der Waals surface area contributed by atoms with E-state index in [1.54, 1.807) is 0 Å². The molecular formula is C28H27NO4. The average molecular weight is 442 g/mol. The fourth-order valence-corrected chi connectivity index (χ4v) is 3.45. The Bertz CT molecular complexity index is 1160. The number of nitrogens with zero attached hydrogens (tertiary/aromatic N) is 1. The summed E-state index contributed by atoms with van der Waals surface area (Å²) in [6.07, 6.45) is 0.